The highest BCUT2D eigenvalue weighted by Gasteiger charge is 2.13. The van der Waals surface area contributed by atoms with E-state index in [-0.39, 0.29) is 36.3 Å². The van der Waals surface area contributed by atoms with E-state index in [1.54, 1.807) is 18.2 Å². The molecule has 0 radical (unpaired) electrons. The first-order valence-corrected chi connectivity index (χ1v) is 7.95. The Morgan fingerprint density at radius 3 is 2.71 bits per heavy atom. The normalized spacial score (nSPS) is 12.0. The monoisotopic (exact) mass is 352 g/mol. The van der Waals surface area contributed by atoms with E-state index < -0.39 is 0 Å². The molecule has 1 heterocycles. The van der Waals surface area contributed by atoms with E-state index in [0.717, 1.165) is 6.42 Å². The predicted octanol–water partition coefficient (Wildman–Crippen LogP) is 1.70. The smallest absolute Gasteiger partial charge is 0.261 e. The van der Waals surface area contributed by atoms with Crippen LogP contribution >= 0.6 is 12.4 Å². The van der Waals surface area contributed by atoms with Gasteiger partial charge in [0.2, 0.25) is 5.91 Å². The molecule has 0 aliphatic heterocycles. The fraction of sp³-hybridized carbons (Fsp3) is 0.471. The van der Waals surface area contributed by atoms with Gasteiger partial charge in [-0.25, -0.2) is 4.98 Å². The first kappa shape index (κ1) is 20.1. The maximum absolute atomic E-state index is 12.3. The Morgan fingerprint density at radius 2 is 2.04 bits per heavy atom. The van der Waals surface area contributed by atoms with Crippen LogP contribution in [-0.2, 0) is 11.3 Å². The third-order valence-corrected chi connectivity index (χ3v) is 3.72. The van der Waals surface area contributed by atoms with E-state index >= 15 is 0 Å². The molecular formula is C17H25ClN4O2. The van der Waals surface area contributed by atoms with E-state index in [4.69, 9.17) is 5.73 Å². The van der Waals surface area contributed by atoms with Gasteiger partial charge in [-0.1, -0.05) is 26.0 Å². The summed E-state index contributed by atoms with van der Waals surface area (Å²) in [6.45, 7) is 4.91. The number of carbonyl (C=O) groups excluding carboxylic acids is 1. The molecule has 0 fully saturated rings. The number of aryl methyl sites for hydroxylation is 1. The summed E-state index contributed by atoms with van der Waals surface area (Å²) < 4.78 is 1.47. The van der Waals surface area contributed by atoms with Crippen LogP contribution in [0.1, 0.15) is 26.7 Å². The van der Waals surface area contributed by atoms with Gasteiger partial charge in [-0.3, -0.25) is 14.2 Å². The van der Waals surface area contributed by atoms with Gasteiger partial charge in [-0.2, -0.15) is 0 Å². The number of nitrogens with zero attached hydrogens (tertiary/aromatic N) is 2. The van der Waals surface area contributed by atoms with Gasteiger partial charge < -0.3 is 11.1 Å². The lowest BCUT2D eigenvalue weighted by molar-refractivity contribution is -0.122. The molecule has 6 nitrogen and oxygen atoms in total. The zero-order chi connectivity index (χ0) is 16.8. The third-order valence-electron chi connectivity index (χ3n) is 3.72. The largest absolute Gasteiger partial charge is 0.352 e. The molecule has 0 aliphatic rings. The number of amides is 1. The standard InChI is InChI=1S/C17H24N4O2.ClH/c1-12(2)9-13(10-18)20-16(22)7-8-21-11-19-15-6-4-3-5-14(15)17(21)23;/h3-6,11-13H,7-10,18H2,1-2H3,(H,20,22);1H. The lowest BCUT2D eigenvalue weighted by Gasteiger charge is -2.18. The van der Waals surface area contributed by atoms with Crippen LogP contribution in [0.25, 0.3) is 10.9 Å². The molecule has 2 aromatic rings. The number of rotatable bonds is 7. The van der Waals surface area contributed by atoms with Gasteiger partial charge in [0.1, 0.15) is 0 Å². The summed E-state index contributed by atoms with van der Waals surface area (Å²) >= 11 is 0. The average Bonchev–Trinajstić information content (AvgIpc) is 2.53. The number of hydrogen-bond donors (Lipinski definition) is 2. The SMILES string of the molecule is CC(C)CC(CN)NC(=O)CCn1cnc2ccccc2c1=O.Cl. The summed E-state index contributed by atoms with van der Waals surface area (Å²) in [7, 11) is 0. The molecule has 24 heavy (non-hydrogen) atoms. The van der Waals surface area contributed by atoms with Crippen molar-refractivity contribution in [3.63, 3.8) is 0 Å². The minimum atomic E-state index is -0.124. The topological polar surface area (TPSA) is 90.0 Å². The van der Waals surface area contributed by atoms with E-state index in [1.165, 1.54) is 10.9 Å². The van der Waals surface area contributed by atoms with Gasteiger partial charge in [0.15, 0.2) is 0 Å². The van der Waals surface area contributed by atoms with E-state index in [1.807, 2.05) is 6.07 Å². The Bertz CT molecular complexity index is 730. The number of benzene rings is 1. The number of fused-ring (bicyclic) bond motifs is 1. The van der Waals surface area contributed by atoms with Crippen molar-refractivity contribution in [1.29, 1.82) is 0 Å². The number of aromatic nitrogens is 2. The molecule has 0 saturated heterocycles. The minimum Gasteiger partial charge on any atom is -0.352 e. The van der Waals surface area contributed by atoms with Crippen LogP contribution in [0.2, 0.25) is 0 Å². The Labute approximate surface area is 147 Å². The van der Waals surface area contributed by atoms with E-state index in [2.05, 4.69) is 24.1 Å². The van der Waals surface area contributed by atoms with Crippen molar-refractivity contribution in [1.82, 2.24) is 14.9 Å². The summed E-state index contributed by atoms with van der Waals surface area (Å²) in [6.07, 6.45) is 2.57. The lowest BCUT2D eigenvalue weighted by Crippen LogP contribution is -2.41. The molecule has 0 bridgehead atoms. The lowest BCUT2D eigenvalue weighted by atomic mass is 10.0. The minimum absolute atomic E-state index is 0. The van der Waals surface area contributed by atoms with E-state index in [0.29, 0.717) is 29.9 Å². The fourth-order valence-corrected chi connectivity index (χ4v) is 2.57. The highest BCUT2D eigenvalue weighted by molar-refractivity contribution is 5.85. The summed E-state index contributed by atoms with van der Waals surface area (Å²) in [5.41, 5.74) is 6.22. The van der Waals surface area contributed by atoms with Gasteiger partial charge in [0.05, 0.1) is 17.2 Å². The van der Waals surface area contributed by atoms with Crippen molar-refractivity contribution >= 4 is 29.2 Å². The molecule has 1 amide bonds. The Hall–Kier alpha value is -1.92. The third kappa shape index (κ3) is 5.32. The second-order valence-corrected chi connectivity index (χ2v) is 6.14. The van der Waals surface area contributed by atoms with Crippen LogP contribution < -0.4 is 16.6 Å². The van der Waals surface area contributed by atoms with Crippen molar-refractivity contribution in [2.45, 2.75) is 39.3 Å². The molecule has 3 N–H and O–H groups in total. The van der Waals surface area contributed by atoms with Gasteiger partial charge in [0, 0.05) is 25.6 Å². The van der Waals surface area contributed by atoms with Gasteiger partial charge in [0.25, 0.3) is 5.56 Å². The molecule has 0 saturated carbocycles. The second-order valence-electron chi connectivity index (χ2n) is 6.14. The Kier molecular flexibility index (Phi) is 7.88. The maximum Gasteiger partial charge on any atom is 0.261 e. The fourth-order valence-electron chi connectivity index (χ4n) is 2.57. The quantitative estimate of drug-likeness (QED) is 0.793. The van der Waals surface area contributed by atoms with Crippen LogP contribution in [0.3, 0.4) is 0 Å². The van der Waals surface area contributed by atoms with Gasteiger partial charge >= 0.3 is 0 Å². The van der Waals surface area contributed by atoms with Gasteiger partial charge in [-0.05, 0) is 24.5 Å². The number of nitrogens with two attached hydrogens (primary N) is 1. The summed E-state index contributed by atoms with van der Waals surface area (Å²) in [6, 6.07) is 7.17. The number of para-hydroxylation sites is 1. The van der Waals surface area contributed by atoms with Crippen LogP contribution in [0.15, 0.2) is 35.4 Å². The van der Waals surface area contributed by atoms with Crippen LogP contribution in [-0.4, -0.2) is 28.0 Å². The maximum atomic E-state index is 12.3. The molecule has 1 aromatic heterocycles. The van der Waals surface area contributed by atoms with Crippen molar-refractivity contribution in [2.24, 2.45) is 11.7 Å². The summed E-state index contributed by atoms with van der Waals surface area (Å²) in [4.78, 5) is 28.6. The zero-order valence-corrected chi connectivity index (χ0v) is 14.9. The molecular weight excluding hydrogens is 328 g/mol. The first-order chi connectivity index (χ1) is 11.0. The number of halogens is 1. The summed E-state index contributed by atoms with van der Waals surface area (Å²) in [5, 5.41) is 3.49. The van der Waals surface area contributed by atoms with Crippen molar-refractivity contribution in [2.75, 3.05) is 6.54 Å². The van der Waals surface area contributed by atoms with Crippen molar-refractivity contribution < 1.29 is 4.79 Å². The second kappa shape index (κ2) is 9.39. The van der Waals surface area contributed by atoms with Gasteiger partial charge in [-0.15, -0.1) is 12.4 Å². The van der Waals surface area contributed by atoms with Crippen LogP contribution in [0.5, 0.6) is 0 Å². The first-order valence-electron chi connectivity index (χ1n) is 7.95. The molecule has 0 spiro atoms. The number of nitrogens with one attached hydrogen (secondary N) is 1. The number of hydrogen-bond acceptors (Lipinski definition) is 4. The molecule has 1 aromatic carbocycles. The van der Waals surface area contributed by atoms with E-state index in [9.17, 15) is 9.59 Å². The highest BCUT2D eigenvalue weighted by Crippen LogP contribution is 2.06. The van der Waals surface area contributed by atoms with Crippen LogP contribution in [0, 0.1) is 5.92 Å². The molecule has 132 valence electrons. The molecule has 7 heteroatoms. The Balaban J connectivity index is 0.00000288. The Morgan fingerprint density at radius 1 is 1.33 bits per heavy atom. The molecule has 2 rings (SSSR count). The highest BCUT2D eigenvalue weighted by atomic mass is 35.5. The summed E-state index contributed by atoms with van der Waals surface area (Å²) in [5.74, 6) is 0.373. The van der Waals surface area contributed by atoms with Crippen molar-refractivity contribution in [3.05, 3.63) is 40.9 Å². The molecule has 0 aliphatic carbocycles. The predicted molar refractivity (Wildman–Crippen MR) is 98.3 cm³/mol. The molecule has 1 atom stereocenters. The van der Waals surface area contributed by atoms with Crippen molar-refractivity contribution in [3.8, 4) is 0 Å². The molecule has 1 unspecified atom stereocenters. The zero-order valence-electron chi connectivity index (χ0n) is 14.1. The number of carbonyl (C=O) groups is 1. The average molecular weight is 353 g/mol. The van der Waals surface area contributed by atoms with Crippen LogP contribution in [0.4, 0.5) is 0 Å².